The van der Waals surface area contributed by atoms with Crippen molar-refractivity contribution in [2.24, 2.45) is 0 Å². The van der Waals surface area contributed by atoms with E-state index in [9.17, 15) is 8.78 Å². The van der Waals surface area contributed by atoms with Crippen molar-refractivity contribution in [2.75, 3.05) is 13.1 Å². The Labute approximate surface area is 186 Å². The predicted molar refractivity (Wildman–Crippen MR) is 118 cm³/mol. The lowest BCUT2D eigenvalue weighted by atomic mass is 10.1. The number of pyridine rings is 1. The minimum Gasteiger partial charge on any atom is -0.395 e. The monoisotopic (exact) mass is 454 g/mol. The number of alkyl halides is 2. The molecule has 0 amide bonds. The normalized spacial score (nSPS) is 17.8. The molecule has 1 saturated heterocycles. The molecule has 3 aromatic heterocycles. The SMILES string of the molecule is FC1(F)Oc2cccc(-c3[nH]nc4ncc(-c5ccc(CN6CCCCC6)s5)cc34)c2O1. The Morgan fingerprint density at radius 2 is 1.97 bits per heavy atom. The lowest BCUT2D eigenvalue weighted by Crippen LogP contribution is -2.28. The molecule has 5 heterocycles. The van der Waals surface area contributed by atoms with Crippen LogP contribution in [0.25, 0.3) is 32.7 Å². The average molecular weight is 455 g/mol. The number of hydrogen-bond donors (Lipinski definition) is 1. The lowest BCUT2D eigenvalue weighted by Gasteiger charge is -2.25. The van der Waals surface area contributed by atoms with Gasteiger partial charge in [-0.15, -0.1) is 20.1 Å². The van der Waals surface area contributed by atoms with Crippen LogP contribution in [-0.2, 0) is 6.54 Å². The van der Waals surface area contributed by atoms with Crippen LogP contribution in [0.1, 0.15) is 24.1 Å². The van der Waals surface area contributed by atoms with Crippen LogP contribution in [0.3, 0.4) is 0 Å². The van der Waals surface area contributed by atoms with Crippen LogP contribution in [0.15, 0.2) is 42.6 Å². The number of ether oxygens (including phenoxy) is 2. The first-order valence-electron chi connectivity index (χ1n) is 10.6. The van der Waals surface area contributed by atoms with Crippen LogP contribution in [0.2, 0.25) is 0 Å². The Bertz CT molecular complexity index is 1300. The van der Waals surface area contributed by atoms with Crippen molar-refractivity contribution < 1.29 is 18.3 Å². The van der Waals surface area contributed by atoms with Crippen LogP contribution in [0.5, 0.6) is 11.5 Å². The zero-order valence-corrected chi connectivity index (χ0v) is 17.9. The van der Waals surface area contributed by atoms with Gasteiger partial charge in [0, 0.05) is 39.0 Å². The molecule has 0 atom stereocenters. The maximum Gasteiger partial charge on any atom is 0.586 e. The van der Waals surface area contributed by atoms with Gasteiger partial charge in [0.15, 0.2) is 17.1 Å². The molecule has 32 heavy (non-hydrogen) atoms. The number of nitrogens with one attached hydrogen (secondary N) is 1. The highest BCUT2D eigenvalue weighted by atomic mass is 32.1. The highest BCUT2D eigenvalue weighted by Crippen LogP contribution is 2.47. The van der Waals surface area contributed by atoms with E-state index >= 15 is 0 Å². The van der Waals surface area contributed by atoms with E-state index in [1.807, 2.05) is 6.07 Å². The third-order valence-corrected chi connectivity index (χ3v) is 7.00. The molecule has 0 aliphatic carbocycles. The minimum atomic E-state index is -3.68. The zero-order chi connectivity index (χ0) is 21.7. The summed E-state index contributed by atoms with van der Waals surface area (Å²) in [5.41, 5.74) is 2.50. The molecule has 164 valence electrons. The standard InChI is InChI=1S/C23H20F2N4O2S/c24-23(25)30-18-6-4-5-16(21(18)31-23)20-17-11-14(12-26-22(17)28-27-20)19-8-7-15(32-19)13-29-9-2-1-3-10-29/h4-8,11-12H,1-3,9-10,13H2,(H,26,27,28). The molecule has 0 saturated carbocycles. The van der Waals surface area contributed by atoms with E-state index in [1.54, 1.807) is 29.7 Å². The van der Waals surface area contributed by atoms with E-state index in [0.717, 1.165) is 35.5 Å². The highest BCUT2D eigenvalue weighted by molar-refractivity contribution is 7.15. The second-order valence-corrected chi connectivity index (χ2v) is 9.27. The molecule has 1 N–H and O–H groups in total. The summed E-state index contributed by atoms with van der Waals surface area (Å²) in [5, 5.41) is 7.92. The number of H-pyrrole nitrogens is 1. The number of thiophene rings is 1. The van der Waals surface area contributed by atoms with Gasteiger partial charge in [-0.1, -0.05) is 12.5 Å². The molecule has 4 aromatic rings. The summed E-state index contributed by atoms with van der Waals surface area (Å²) in [4.78, 5) is 9.42. The third kappa shape index (κ3) is 3.51. The first kappa shape index (κ1) is 19.6. The Kier molecular flexibility index (Phi) is 4.62. The second-order valence-electron chi connectivity index (χ2n) is 8.10. The molecule has 0 unspecified atom stereocenters. The summed E-state index contributed by atoms with van der Waals surface area (Å²) in [5.74, 6) is -0.00614. The van der Waals surface area contributed by atoms with Crippen LogP contribution in [-0.4, -0.2) is 39.5 Å². The van der Waals surface area contributed by atoms with Crippen molar-refractivity contribution in [3.63, 3.8) is 0 Å². The average Bonchev–Trinajstić information content (AvgIpc) is 3.49. The van der Waals surface area contributed by atoms with E-state index in [-0.39, 0.29) is 11.5 Å². The number of rotatable bonds is 4. The summed E-state index contributed by atoms with van der Waals surface area (Å²) < 4.78 is 36.6. The van der Waals surface area contributed by atoms with Gasteiger partial charge < -0.3 is 9.47 Å². The fourth-order valence-corrected chi connectivity index (χ4v) is 5.39. The van der Waals surface area contributed by atoms with Gasteiger partial charge in [-0.05, 0) is 56.3 Å². The maximum absolute atomic E-state index is 13.6. The zero-order valence-electron chi connectivity index (χ0n) is 17.1. The molecule has 6 nitrogen and oxygen atoms in total. The number of piperidine rings is 1. The molecular formula is C23H20F2N4O2S. The Morgan fingerprint density at radius 3 is 2.84 bits per heavy atom. The smallest absolute Gasteiger partial charge is 0.395 e. The molecule has 2 aliphatic heterocycles. The Morgan fingerprint density at radius 1 is 1.09 bits per heavy atom. The lowest BCUT2D eigenvalue weighted by molar-refractivity contribution is -0.286. The number of benzene rings is 1. The van der Waals surface area contributed by atoms with Crippen molar-refractivity contribution >= 4 is 22.4 Å². The predicted octanol–water partition coefficient (Wildman–Crippen LogP) is 5.66. The van der Waals surface area contributed by atoms with E-state index < -0.39 is 6.29 Å². The number of halogens is 2. The van der Waals surface area contributed by atoms with Gasteiger partial charge >= 0.3 is 6.29 Å². The number of para-hydroxylation sites is 1. The van der Waals surface area contributed by atoms with Crippen molar-refractivity contribution in [1.82, 2.24) is 20.1 Å². The number of aromatic nitrogens is 3. The Balaban J connectivity index is 1.34. The van der Waals surface area contributed by atoms with Gasteiger partial charge in [-0.25, -0.2) is 4.98 Å². The van der Waals surface area contributed by atoms with E-state index in [0.29, 0.717) is 16.9 Å². The van der Waals surface area contributed by atoms with Gasteiger partial charge in [0.1, 0.15) is 0 Å². The van der Waals surface area contributed by atoms with Gasteiger partial charge in [-0.3, -0.25) is 10.00 Å². The summed E-state index contributed by atoms with van der Waals surface area (Å²) in [6.45, 7) is 3.29. The summed E-state index contributed by atoms with van der Waals surface area (Å²) in [6.07, 6.45) is 1.98. The third-order valence-electron chi connectivity index (χ3n) is 5.88. The summed E-state index contributed by atoms with van der Waals surface area (Å²) >= 11 is 1.76. The second kappa shape index (κ2) is 7.53. The van der Waals surface area contributed by atoms with Gasteiger partial charge in [0.2, 0.25) is 0 Å². The summed E-state index contributed by atoms with van der Waals surface area (Å²) in [7, 11) is 0. The van der Waals surface area contributed by atoms with E-state index in [2.05, 4.69) is 37.0 Å². The molecule has 1 fully saturated rings. The van der Waals surface area contributed by atoms with Crippen molar-refractivity contribution in [1.29, 1.82) is 0 Å². The quantitative estimate of drug-likeness (QED) is 0.431. The van der Waals surface area contributed by atoms with Gasteiger partial charge in [0.25, 0.3) is 0 Å². The van der Waals surface area contributed by atoms with E-state index in [1.165, 1.54) is 30.2 Å². The maximum atomic E-state index is 13.6. The molecular weight excluding hydrogens is 434 g/mol. The first-order chi connectivity index (χ1) is 15.6. The van der Waals surface area contributed by atoms with Crippen molar-refractivity contribution in [3.05, 3.63) is 47.5 Å². The number of aromatic amines is 1. The number of hydrogen-bond acceptors (Lipinski definition) is 6. The summed E-state index contributed by atoms with van der Waals surface area (Å²) in [6, 6.07) is 11.1. The molecule has 0 spiro atoms. The fourth-order valence-electron chi connectivity index (χ4n) is 4.36. The van der Waals surface area contributed by atoms with Crippen LogP contribution < -0.4 is 9.47 Å². The van der Waals surface area contributed by atoms with Gasteiger partial charge in [0.05, 0.1) is 5.69 Å². The molecule has 0 radical (unpaired) electrons. The largest absolute Gasteiger partial charge is 0.586 e. The van der Waals surface area contributed by atoms with E-state index in [4.69, 9.17) is 4.74 Å². The van der Waals surface area contributed by atoms with Gasteiger partial charge in [-0.2, -0.15) is 5.10 Å². The van der Waals surface area contributed by atoms with Crippen LogP contribution in [0, 0.1) is 0 Å². The van der Waals surface area contributed by atoms with Crippen LogP contribution >= 0.6 is 11.3 Å². The number of fused-ring (bicyclic) bond motifs is 2. The van der Waals surface area contributed by atoms with Crippen molar-refractivity contribution in [3.8, 4) is 33.2 Å². The molecule has 6 rings (SSSR count). The molecule has 9 heteroatoms. The minimum absolute atomic E-state index is 0.0000231. The highest BCUT2D eigenvalue weighted by Gasteiger charge is 2.44. The van der Waals surface area contributed by atoms with Crippen LogP contribution in [0.4, 0.5) is 8.78 Å². The first-order valence-corrected chi connectivity index (χ1v) is 11.4. The topological polar surface area (TPSA) is 63.3 Å². The number of nitrogens with zero attached hydrogens (tertiary/aromatic N) is 3. The van der Waals surface area contributed by atoms with Crippen molar-refractivity contribution in [2.45, 2.75) is 32.1 Å². The molecule has 2 aliphatic rings. The number of likely N-dealkylation sites (tertiary alicyclic amines) is 1. The molecule has 0 bridgehead atoms. The molecule has 1 aromatic carbocycles. The fraction of sp³-hybridized carbons (Fsp3) is 0.304. The Hall–Kier alpha value is -3.04.